The number of fused-ring (bicyclic) bond motifs is 1. The third-order valence-corrected chi connectivity index (χ3v) is 4.53. The number of methoxy groups -OCH3 is 2. The van der Waals surface area contributed by atoms with Gasteiger partial charge >= 0.3 is 0 Å². The zero-order chi connectivity index (χ0) is 15.0. The van der Waals surface area contributed by atoms with E-state index in [0.717, 1.165) is 41.2 Å². The molecule has 0 bridgehead atoms. The molecule has 2 heterocycles. The van der Waals surface area contributed by atoms with Crippen LogP contribution in [0.2, 0.25) is 0 Å². The number of aromatic amines is 1. The zero-order valence-electron chi connectivity index (χ0n) is 12.7. The Morgan fingerprint density at radius 1 is 1.29 bits per heavy atom. The second-order valence-corrected chi connectivity index (χ2v) is 6.07. The number of hydrogen-bond acceptors (Lipinski definition) is 4. The van der Waals surface area contributed by atoms with E-state index in [4.69, 9.17) is 21.7 Å². The normalized spacial score (nSPS) is 19.3. The van der Waals surface area contributed by atoms with Crippen LogP contribution in [0.15, 0.2) is 12.1 Å². The van der Waals surface area contributed by atoms with Gasteiger partial charge in [-0.3, -0.25) is 0 Å². The van der Waals surface area contributed by atoms with Gasteiger partial charge < -0.3 is 23.9 Å². The van der Waals surface area contributed by atoms with E-state index in [-0.39, 0.29) is 0 Å². The molecule has 1 aromatic carbocycles. The molecule has 0 radical (unpaired) electrons. The third kappa shape index (κ3) is 2.65. The second kappa shape index (κ2) is 5.69. The first kappa shape index (κ1) is 14.4. The fraction of sp³-hybridized carbons (Fsp3) is 0.533. The minimum atomic E-state index is 0.647. The van der Waals surface area contributed by atoms with Gasteiger partial charge in [0.25, 0.3) is 0 Å². The van der Waals surface area contributed by atoms with Gasteiger partial charge in [-0.25, -0.2) is 0 Å². The molecule has 5 nitrogen and oxygen atoms in total. The molecule has 1 N–H and O–H groups in total. The van der Waals surface area contributed by atoms with Crippen molar-refractivity contribution in [2.45, 2.75) is 13.0 Å². The van der Waals surface area contributed by atoms with Gasteiger partial charge in [-0.2, -0.15) is 0 Å². The number of rotatable bonds is 4. The second-order valence-electron chi connectivity index (χ2n) is 5.68. The Labute approximate surface area is 129 Å². The zero-order valence-corrected chi connectivity index (χ0v) is 13.5. The number of aromatic nitrogens is 2. The lowest BCUT2D eigenvalue weighted by molar-refractivity contribution is 0.355. The van der Waals surface area contributed by atoms with E-state index < -0.39 is 0 Å². The predicted octanol–water partition coefficient (Wildman–Crippen LogP) is 2.67. The molecule has 3 rings (SSSR count). The van der Waals surface area contributed by atoms with Crippen molar-refractivity contribution in [3.63, 3.8) is 0 Å². The molecule has 0 amide bonds. The summed E-state index contributed by atoms with van der Waals surface area (Å²) < 4.78 is 13.7. The van der Waals surface area contributed by atoms with Crippen LogP contribution >= 0.6 is 12.2 Å². The molecular weight excluding hydrogens is 286 g/mol. The third-order valence-electron chi connectivity index (χ3n) is 4.21. The molecule has 6 heteroatoms. The van der Waals surface area contributed by atoms with Gasteiger partial charge in [0.05, 0.1) is 25.3 Å². The van der Waals surface area contributed by atoms with Crippen LogP contribution in [-0.4, -0.2) is 48.8 Å². The molecule has 114 valence electrons. The van der Waals surface area contributed by atoms with Gasteiger partial charge in [-0.05, 0) is 38.1 Å². The SMILES string of the molecule is COc1cc2[nH]c(=S)n(CC3CCN(C)C3)c2cc1OC. The maximum absolute atomic E-state index is 5.49. The van der Waals surface area contributed by atoms with E-state index in [1.807, 2.05) is 12.1 Å². The van der Waals surface area contributed by atoms with E-state index in [1.165, 1.54) is 6.42 Å². The average molecular weight is 307 g/mol. The summed E-state index contributed by atoms with van der Waals surface area (Å²) in [4.78, 5) is 5.63. The van der Waals surface area contributed by atoms with Crippen molar-refractivity contribution < 1.29 is 9.47 Å². The molecule has 1 atom stereocenters. The molecule has 0 saturated carbocycles. The van der Waals surface area contributed by atoms with Crippen molar-refractivity contribution in [2.24, 2.45) is 5.92 Å². The Morgan fingerprint density at radius 3 is 2.62 bits per heavy atom. The smallest absolute Gasteiger partial charge is 0.178 e. The van der Waals surface area contributed by atoms with Crippen LogP contribution in [0.5, 0.6) is 11.5 Å². The Bertz CT molecular complexity index is 707. The molecule has 1 aliphatic heterocycles. The van der Waals surface area contributed by atoms with Gasteiger partial charge in [0.15, 0.2) is 16.3 Å². The summed E-state index contributed by atoms with van der Waals surface area (Å²) in [6.07, 6.45) is 1.22. The fourth-order valence-electron chi connectivity index (χ4n) is 3.10. The highest BCUT2D eigenvalue weighted by Gasteiger charge is 2.21. The largest absolute Gasteiger partial charge is 0.493 e. The summed E-state index contributed by atoms with van der Waals surface area (Å²) in [6.45, 7) is 3.23. The molecule has 1 aromatic heterocycles. The van der Waals surface area contributed by atoms with E-state index in [1.54, 1.807) is 14.2 Å². The average Bonchev–Trinajstić information content (AvgIpc) is 3.02. The Balaban J connectivity index is 2.01. The van der Waals surface area contributed by atoms with Gasteiger partial charge in [0.2, 0.25) is 0 Å². The number of nitrogens with one attached hydrogen (secondary N) is 1. The van der Waals surface area contributed by atoms with Crippen LogP contribution in [0.3, 0.4) is 0 Å². The van der Waals surface area contributed by atoms with Gasteiger partial charge in [-0.15, -0.1) is 0 Å². The van der Waals surface area contributed by atoms with E-state index >= 15 is 0 Å². The summed E-state index contributed by atoms with van der Waals surface area (Å²) in [5.41, 5.74) is 2.07. The number of H-pyrrole nitrogens is 1. The summed E-state index contributed by atoms with van der Waals surface area (Å²) in [7, 11) is 5.47. The van der Waals surface area contributed by atoms with Gasteiger partial charge in [0, 0.05) is 25.2 Å². The quantitative estimate of drug-likeness (QED) is 0.882. The highest BCUT2D eigenvalue weighted by molar-refractivity contribution is 7.71. The fourth-order valence-corrected chi connectivity index (χ4v) is 3.38. The van der Waals surface area contributed by atoms with Crippen molar-refractivity contribution in [1.82, 2.24) is 14.5 Å². The number of ether oxygens (including phenoxy) is 2. The van der Waals surface area contributed by atoms with Crippen molar-refractivity contribution in [3.8, 4) is 11.5 Å². The molecule has 21 heavy (non-hydrogen) atoms. The topological polar surface area (TPSA) is 42.4 Å². The van der Waals surface area contributed by atoms with Crippen molar-refractivity contribution in [1.29, 1.82) is 0 Å². The number of hydrogen-bond donors (Lipinski definition) is 1. The Kier molecular flexibility index (Phi) is 3.91. The van der Waals surface area contributed by atoms with Gasteiger partial charge in [0.1, 0.15) is 0 Å². The molecule has 2 aromatic rings. The first-order valence-electron chi connectivity index (χ1n) is 7.15. The predicted molar refractivity (Wildman–Crippen MR) is 85.8 cm³/mol. The lowest BCUT2D eigenvalue weighted by Gasteiger charge is -2.13. The van der Waals surface area contributed by atoms with Crippen molar-refractivity contribution in [2.75, 3.05) is 34.4 Å². The van der Waals surface area contributed by atoms with Crippen LogP contribution in [0, 0.1) is 10.7 Å². The van der Waals surface area contributed by atoms with Crippen LogP contribution in [0.25, 0.3) is 11.0 Å². The van der Waals surface area contributed by atoms with Crippen LogP contribution in [0.4, 0.5) is 0 Å². The lowest BCUT2D eigenvalue weighted by Crippen LogP contribution is -2.17. The highest BCUT2D eigenvalue weighted by atomic mass is 32.1. The lowest BCUT2D eigenvalue weighted by atomic mass is 10.1. The van der Waals surface area contributed by atoms with Crippen molar-refractivity contribution in [3.05, 3.63) is 16.9 Å². The van der Waals surface area contributed by atoms with E-state index in [0.29, 0.717) is 11.7 Å². The van der Waals surface area contributed by atoms with E-state index in [2.05, 4.69) is 21.5 Å². The molecule has 1 saturated heterocycles. The first-order valence-corrected chi connectivity index (χ1v) is 7.56. The highest BCUT2D eigenvalue weighted by Crippen LogP contribution is 2.32. The number of imidazole rings is 1. The minimum absolute atomic E-state index is 0.647. The maximum Gasteiger partial charge on any atom is 0.178 e. The Hall–Kier alpha value is -1.53. The standard InChI is InChI=1S/C15H21N3O2S/c1-17-5-4-10(8-17)9-18-12-7-14(20-3)13(19-2)6-11(12)16-15(18)21/h6-7,10H,4-5,8-9H2,1-3H3,(H,16,21). The molecule has 1 unspecified atom stereocenters. The minimum Gasteiger partial charge on any atom is -0.493 e. The van der Waals surface area contributed by atoms with Crippen LogP contribution < -0.4 is 9.47 Å². The monoisotopic (exact) mass is 307 g/mol. The van der Waals surface area contributed by atoms with Crippen molar-refractivity contribution >= 4 is 23.3 Å². The first-order chi connectivity index (χ1) is 10.1. The molecule has 1 fully saturated rings. The number of benzene rings is 1. The molecular formula is C15H21N3O2S. The molecule has 1 aliphatic rings. The number of likely N-dealkylation sites (tertiary alicyclic amines) is 1. The molecule has 0 aliphatic carbocycles. The summed E-state index contributed by atoms with van der Waals surface area (Å²) >= 11 is 5.49. The van der Waals surface area contributed by atoms with Crippen LogP contribution in [0.1, 0.15) is 6.42 Å². The van der Waals surface area contributed by atoms with Crippen LogP contribution in [-0.2, 0) is 6.54 Å². The van der Waals surface area contributed by atoms with E-state index in [9.17, 15) is 0 Å². The number of nitrogens with zero attached hydrogens (tertiary/aromatic N) is 2. The van der Waals surface area contributed by atoms with Gasteiger partial charge in [-0.1, -0.05) is 0 Å². The molecule has 0 spiro atoms. The summed E-state index contributed by atoms with van der Waals surface area (Å²) in [6, 6.07) is 3.94. The summed E-state index contributed by atoms with van der Waals surface area (Å²) in [5.74, 6) is 2.10. The Morgan fingerprint density at radius 2 is 2.00 bits per heavy atom. The summed E-state index contributed by atoms with van der Waals surface area (Å²) in [5, 5.41) is 0. The maximum atomic E-state index is 5.49.